The monoisotopic (exact) mass is 324 g/mol. The zero-order valence-corrected chi connectivity index (χ0v) is 13.3. The first kappa shape index (κ1) is 14.1. The quantitative estimate of drug-likeness (QED) is 0.805. The van der Waals surface area contributed by atoms with Gasteiger partial charge < -0.3 is 10.2 Å². The number of aromatic nitrogens is 2. The molecule has 2 aromatic heterocycles. The lowest BCUT2D eigenvalue weighted by Crippen LogP contribution is -2.37. The molecule has 1 aliphatic heterocycles. The third kappa shape index (κ3) is 2.90. The van der Waals surface area contributed by atoms with Crippen LogP contribution >= 0.6 is 11.3 Å². The van der Waals surface area contributed by atoms with Gasteiger partial charge in [0.15, 0.2) is 5.13 Å². The number of nitrogens with one attached hydrogen (secondary N) is 1. The van der Waals surface area contributed by atoms with Crippen LogP contribution in [0.5, 0.6) is 0 Å². The predicted molar refractivity (Wildman–Crippen MR) is 91.9 cm³/mol. The zero-order valence-electron chi connectivity index (χ0n) is 12.5. The summed E-state index contributed by atoms with van der Waals surface area (Å²) in [5, 5.41) is 7.12. The van der Waals surface area contributed by atoms with Crippen molar-refractivity contribution >= 4 is 33.3 Å². The van der Waals surface area contributed by atoms with Gasteiger partial charge in [0, 0.05) is 36.1 Å². The smallest absolute Gasteiger partial charge is 0.270 e. The van der Waals surface area contributed by atoms with Gasteiger partial charge >= 0.3 is 0 Å². The number of rotatable bonds is 3. The molecule has 3 heterocycles. The molecule has 116 valence electrons. The fourth-order valence-electron chi connectivity index (χ4n) is 2.88. The van der Waals surface area contributed by atoms with Crippen LogP contribution in [-0.4, -0.2) is 35.0 Å². The van der Waals surface area contributed by atoms with E-state index in [9.17, 15) is 4.79 Å². The largest absolute Gasteiger partial charge is 0.346 e. The highest BCUT2D eigenvalue weighted by Gasteiger charge is 2.25. The van der Waals surface area contributed by atoms with Gasteiger partial charge in [-0.15, -0.1) is 11.3 Å². The van der Waals surface area contributed by atoms with Gasteiger partial charge in [-0.3, -0.25) is 4.79 Å². The molecule has 1 amide bonds. The molecule has 3 aromatic rings. The summed E-state index contributed by atoms with van der Waals surface area (Å²) in [6.07, 6.45) is 2.74. The van der Waals surface area contributed by atoms with Gasteiger partial charge in [0.25, 0.3) is 5.91 Å². The topological polar surface area (TPSA) is 58.1 Å². The summed E-state index contributed by atoms with van der Waals surface area (Å²) < 4.78 is 0. The van der Waals surface area contributed by atoms with Crippen molar-refractivity contribution in [3.8, 4) is 0 Å². The van der Waals surface area contributed by atoms with E-state index in [2.05, 4.69) is 20.2 Å². The first-order chi connectivity index (χ1) is 11.3. The highest BCUT2D eigenvalue weighted by Crippen LogP contribution is 2.22. The van der Waals surface area contributed by atoms with E-state index in [-0.39, 0.29) is 11.9 Å². The first-order valence-electron chi connectivity index (χ1n) is 7.61. The third-order valence-electron chi connectivity index (χ3n) is 4.04. The number of amides is 1. The molecule has 6 heteroatoms. The minimum atomic E-state index is -0.109. The lowest BCUT2D eigenvalue weighted by molar-refractivity contribution is 0.0935. The Hall–Kier alpha value is -2.47. The Bertz CT molecular complexity index is 833. The van der Waals surface area contributed by atoms with Crippen LogP contribution in [0.2, 0.25) is 0 Å². The van der Waals surface area contributed by atoms with Crippen molar-refractivity contribution in [3.63, 3.8) is 0 Å². The maximum Gasteiger partial charge on any atom is 0.270 e. The Labute approximate surface area is 138 Å². The number of hydrogen-bond donors (Lipinski definition) is 1. The number of nitrogens with zero attached hydrogens (tertiary/aromatic N) is 3. The van der Waals surface area contributed by atoms with E-state index in [1.807, 2.05) is 41.9 Å². The van der Waals surface area contributed by atoms with Gasteiger partial charge in [-0.25, -0.2) is 9.97 Å². The maximum absolute atomic E-state index is 12.4. The minimum absolute atomic E-state index is 0.109. The minimum Gasteiger partial charge on any atom is -0.346 e. The van der Waals surface area contributed by atoms with Crippen LogP contribution in [0.1, 0.15) is 16.9 Å². The second-order valence-electron chi connectivity index (χ2n) is 5.61. The van der Waals surface area contributed by atoms with E-state index in [1.165, 1.54) is 0 Å². The Kier molecular flexibility index (Phi) is 3.67. The van der Waals surface area contributed by atoms with Gasteiger partial charge in [-0.05, 0) is 18.6 Å². The van der Waals surface area contributed by atoms with Crippen molar-refractivity contribution in [3.05, 3.63) is 53.7 Å². The van der Waals surface area contributed by atoms with Crippen molar-refractivity contribution in [1.29, 1.82) is 0 Å². The SMILES string of the molecule is O=C(N[C@H]1CCN(c2nccs2)C1)c1ccc2ccccc2n1. The number of fused-ring (bicyclic) bond motifs is 1. The second kappa shape index (κ2) is 5.96. The van der Waals surface area contributed by atoms with Crippen molar-refractivity contribution in [2.45, 2.75) is 12.5 Å². The average Bonchev–Trinajstić information content (AvgIpc) is 3.25. The normalized spacial score (nSPS) is 17.6. The molecule has 1 atom stereocenters. The number of thiazole rings is 1. The Balaban J connectivity index is 1.45. The summed E-state index contributed by atoms with van der Waals surface area (Å²) >= 11 is 1.63. The standard InChI is InChI=1S/C17H16N4OS/c22-16(15-6-5-12-3-1-2-4-14(12)20-15)19-13-7-9-21(11-13)17-18-8-10-23-17/h1-6,8,10,13H,7,9,11H2,(H,19,22)/t13-/m0/s1. The molecule has 23 heavy (non-hydrogen) atoms. The predicted octanol–water partition coefficient (Wildman–Crippen LogP) is 2.70. The number of anilines is 1. The lowest BCUT2D eigenvalue weighted by Gasteiger charge is -2.15. The molecule has 1 saturated heterocycles. The van der Waals surface area contributed by atoms with Crippen LogP contribution in [0.3, 0.4) is 0 Å². The molecule has 4 rings (SSSR count). The average molecular weight is 324 g/mol. The molecule has 0 saturated carbocycles. The molecule has 0 bridgehead atoms. The fraction of sp³-hybridized carbons (Fsp3) is 0.235. The third-order valence-corrected chi connectivity index (χ3v) is 4.88. The molecular weight excluding hydrogens is 308 g/mol. The van der Waals surface area contributed by atoms with E-state index >= 15 is 0 Å². The molecule has 1 fully saturated rings. The van der Waals surface area contributed by atoms with Crippen LogP contribution in [0.25, 0.3) is 10.9 Å². The van der Waals surface area contributed by atoms with E-state index in [4.69, 9.17) is 0 Å². The van der Waals surface area contributed by atoms with Crippen molar-refractivity contribution < 1.29 is 4.79 Å². The molecular formula is C17H16N4OS. The zero-order chi connectivity index (χ0) is 15.6. The Morgan fingerprint density at radius 1 is 1.26 bits per heavy atom. The van der Waals surface area contributed by atoms with Crippen LogP contribution in [-0.2, 0) is 0 Å². The van der Waals surface area contributed by atoms with E-state index < -0.39 is 0 Å². The molecule has 1 aliphatic rings. The second-order valence-corrected chi connectivity index (χ2v) is 6.48. The summed E-state index contributed by atoms with van der Waals surface area (Å²) in [6, 6.07) is 11.7. The first-order valence-corrected chi connectivity index (χ1v) is 8.49. The number of benzene rings is 1. The highest BCUT2D eigenvalue weighted by molar-refractivity contribution is 7.13. The van der Waals surface area contributed by atoms with Crippen LogP contribution < -0.4 is 10.2 Å². The van der Waals surface area contributed by atoms with Crippen molar-refractivity contribution in [1.82, 2.24) is 15.3 Å². The number of para-hydroxylation sites is 1. The van der Waals surface area contributed by atoms with Gasteiger partial charge in [0.05, 0.1) is 5.52 Å². The van der Waals surface area contributed by atoms with Crippen LogP contribution in [0.15, 0.2) is 48.0 Å². The summed E-state index contributed by atoms with van der Waals surface area (Å²) in [5.74, 6) is -0.109. The van der Waals surface area contributed by atoms with Gasteiger partial charge in [0.2, 0.25) is 0 Å². The van der Waals surface area contributed by atoms with E-state index in [1.54, 1.807) is 17.4 Å². The summed E-state index contributed by atoms with van der Waals surface area (Å²) in [6.45, 7) is 1.72. The molecule has 0 aliphatic carbocycles. The number of carbonyl (C=O) groups is 1. The van der Waals surface area contributed by atoms with Gasteiger partial charge in [-0.1, -0.05) is 24.3 Å². The van der Waals surface area contributed by atoms with Gasteiger partial charge in [-0.2, -0.15) is 0 Å². The highest BCUT2D eigenvalue weighted by atomic mass is 32.1. The molecule has 0 unspecified atom stereocenters. The molecule has 0 radical (unpaired) electrons. The molecule has 0 spiro atoms. The van der Waals surface area contributed by atoms with Crippen molar-refractivity contribution in [2.75, 3.05) is 18.0 Å². The fourth-order valence-corrected chi connectivity index (χ4v) is 3.56. The van der Waals surface area contributed by atoms with E-state index in [0.717, 1.165) is 35.5 Å². The summed E-state index contributed by atoms with van der Waals surface area (Å²) in [5.41, 5.74) is 1.31. The molecule has 1 N–H and O–H groups in total. The maximum atomic E-state index is 12.4. The summed E-state index contributed by atoms with van der Waals surface area (Å²) in [4.78, 5) is 23.4. The number of carbonyl (C=O) groups excluding carboxylic acids is 1. The Morgan fingerprint density at radius 2 is 2.17 bits per heavy atom. The Morgan fingerprint density at radius 3 is 3.04 bits per heavy atom. The van der Waals surface area contributed by atoms with Crippen LogP contribution in [0.4, 0.5) is 5.13 Å². The number of pyridine rings is 1. The van der Waals surface area contributed by atoms with Gasteiger partial charge in [0.1, 0.15) is 5.69 Å². The van der Waals surface area contributed by atoms with Crippen molar-refractivity contribution in [2.24, 2.45) is 0 Å². The molecule has 1 aromatic carbocycles. The molecule has 5 nitrogen and oxygen atoms in total. The number of hydrogen-bond acceptors (Lipinski definition) is 5. The lowest BCUT2D eigenvalue weighted by atomic mass is 10.2. The summed E-state index contributed by atoms with van der Waals surface area (Å²) in [7, 11) is 0. The van der Waals surface area contributed by atoms with Crippen LogP contribution in [0, 0.1) is 0 Å². The van der Waals surface area contributed by atoms with E-state index in [0.29, 0.717) is 5.69 Å².